The van der Waals surface area contributed by atoms with E-state index in [1.807, 2.05) is 0 Å². The molecule has 65 heavy (non-hydrogen) atoms. The van der Waals surface area contributed by atoms with E-state index in [9.17, 15) is 24.3 Å². The first kappa shape index (κ1) is 45.3. The van der Waals surface area contributed by atoms with E-state index in [0.717, 1.165) is 0 Å². The molecule has 20 nitrogen and oxygen atoms in total. The van der Waals surface area contributed by atoms with Gasteiger partial charge in [0.15, 0.2) is 29.3 Å². The standard InChI is InChI=1S/C43H41N8O12PS/c1-44-18-19-58-64(65,63-30-20-33(60-31(30)22-52)50-21-29(40(54)49-43(50)56)26-12-6-3-7-13-26)59-23-32-35(62-42(55)28-16-10-5-11-17-28)36(57-2)41(61-32)51-25-47-34-37(45-24-46-38(34)51)48-39(53)27-14-8-4-9-15-27/h3-17,21,24-25,30-33,35-36,41,52H,18-20,22-23H2,2H3,(H,49,54,56)(H,45,46,48,53)/t30?,31-,32-,33-,35?,36+,41-,64?/m1/s1. The zero-order valence-corrected chi connectivity index (χ0v) is 36.2. The Kier molecular flexibility index (Phi) is 14.1. The number of ether oxygens (including phenoxy) is 4. The first-order chi connectivity index (χ1) is 31.6. The quantitative estimate of drug-likeness (QED) is 0.0501. The van der Waals surface area contributed by atoms with Gasteiger partial charge in [-0.2, -0.15) is 0 Å². The molecule has 3 aromatic carbocycles. The van der Waals surface area contributed by atoms with Gasteiger partial charge in [0.1, 0.15) is 37.5 Å². The number of esters is 1. The third-order valence-corrected chi connectivity index (χ3v) is 12.9. The number of hydrogen-bond donors (Lipinski definition) is 3. The summed E-state index contributed by atoms with van der Waals surface area (Å²) < 4.78 is 46.1. The lowest BCUT2D eigenvalue weighted by Crippen LogP contribution is -2.39. The van der Waals surface area contributed by atoms with Crippen molar-refractivity contribution in [1.82, 2.24) is 29.1 Å². The van der Waals surface area contributed by atoms with Gasteiger partial charge in [0.2, 0.25) is 6.54 Å². The summed E-state index contributed by atoms with van der Waals surface area (Å²) >= 11 is 5.91. The van der Waals surface area contributed by atoms with Crippen LogP contribution in [0.3, 0.4) is 0 Å². The number of fused-ring (bicyclic) bond motifs is 1. The van der Waals surface area contributed by atoms with Crippen LogP contribution >= 0.6 is 6.72 Å². The van der Waals surface area contributed by atoms with E-state index in [2.05, 4.69) is 30.1 Å². The highest BCUT2D eigenvalue weighted by Crippen LogP contribution is 2.54. The number of nitrogens with zero attached hydrogens (tertiary/aromatic N) is 6. The van der Waals surface area contributed by atoms with Crippen LogP contribution in [0.25, 0.3) is 27.1 Å². The second-order valence-electron chi connectivity index (χ2n) is 14.6. The SMILES string of the molecule is [C-]#[N+]CCOP(=S)(OC[C@H]1O[C@@H](n2cnc3c(NC(=O)c4ccccc4)ncnc32)[C@@H](OC)C1OC(=O)c1ccccc1)OC1C[C@H](n2cc(-c3ccccc3)c(=O)[nH]c2=O)O[C@@H]1CO. The van der Waals surface area contributed by atoms with Gasteiger partial charge < -0.3 is 47.8 Å². The molecule has 0 spiro atoms. The first-order valence-corrected chi connectivity index (χ1v) is 22.7. The molecule has 2 fully saturated rings. The molecule has 2 saturated heterocycles. The summed E-state index contributed by atoms with van der Waals surface area (Å²) in [6, 6.07) is 25.6. The Morgan fingerprint density at radius 1 is 0.938 bits per heavy atom. The molecule has 0 aliphatic carbocycles. The van der Waals surface area contributed by atoms with Gasteiger partial charge in [0.25, 0.3) is 11.5 Å². The van der Waals surface area contributed by atoms with Crippen molar-refractivity contribution in [2.75, 3.05) is 38.8 Å². The number of imidazole rings is 1. The van der Waals surface area contributed by atoms with Gasteiger partial charge in [-0.1, -0.05) is 66.7 Å². The molecule has 1 amide bonds. The normalized spacial score (nSPS) is 22.6. The van der Waals surface area contributed by atoms with E-state index in [-0.39, 0.29) is 47.7 Å². The maximum absolute atomic E-state index is 13.6. The Balaban J connectivity index is 1.06. The number of aromatic amines is 1. The van der Waals surface area contributed by atoms with Crippen molar-refractivity contribution in [3.63, 3.8) is 0 Å². The van der Waals surface area contributed by atoms with Crippen molar-refractivity contribution < 1.29 is 47.2 Å². The number of aliphatic hydroxyl groups excluding tert-OH is 1. The molecule has 3 N–H and O–H groups in total. The third kappa shape index (κ3) is 10.0. The third-order valence-electron chi connectivity index (χ3n) is 10.5. The number of amides is 1. The minimum Gasteiger partial charge on any atom is -0.453 e. The highest BCUT2D eigenvalue weighted by atomic mass is 32.5. The van der Waals surface area contributed by atoms with Gasteiger partial charge in [-0.3, -0.25) is 23.7 Å². The van der Waals surface area contributed by atoms with Gasteiger partial charge >= 0.3 is 18.4 Å². The molecule has 0 radical (unpaired) electrons. The summed E-state index contributed by atoms with van der Waals surface area (Å²) in [5, 5.41) is 13.2. The lowest BCUT2D eigenvalue weighted by Gasteiger charge is -2.28. The van der Waals surface area contributed by atoms with Crippen LogP contribution in [0, 0.1) is 6.57 Å². The molecule has 2 aliphatic heterocycles. The fourth-order valence-electron chi connectivity index (χ4n) is 7.42. The van der Waals surface area contributed by atoms with Crippen molar-refractivity contribution in [1.29, 1.82) is 0 Å². The van der Waals surface area contributed by atoms with Crippen LogP contribution in [0.1, 0.15) is 39.6 Å². The summed E-state index contributed by atoms with van der Waals surface area (Å²) in [6.07, 6.45) is -3.35. The van der Waals surface area contributed by atoms with E-state index in [1.165, 1.54) is 30.5 Å². The zero-order chi connectivity index (χ0) is 45.5. The Morgan fingerprint density at radius 3 is 2.34 bits per heavy atom. The number of carbonyl (C=O) groups excluding carboxylic acids is 2. The summed E-state index contributed by atoms with van der Waals surface area (Å²) in [7, 11) is 1.41. The number of hydrogen-bond acceptors (Lipinski definition) is 16. The lowest BCUT2D eigenvalue weighted by molar-refractivity contribution is -0.0609. The van der Waals surface area contributed by atoms with Crippen LogP contribution in [0.4, 0.5) is 5.82 Å². The molecule has 22 heteroatoms. The number of rotatable bonds is 17. The van der Waals surface area contributed by atoms with E-state index < -0.39 is 86.0 Å². The fourth-order valence-corrected chi connectivity index (χ4v) is 9.54. The molecule has 6 aromatic rings. The average Bonchev–Trinajstić information content (AvgIpc) is 4.04. The highest BCUT2D eigenvalue weighted by molar-refractivity contribution is 8.07. The first-order valence-electron chi connectivity index (χ1n) is 20.2. The second-order valence-corrected chi connectivity index (χ2v) is 17.6. The van der Waals surface area contributed by atoms with Gasteiger partial charge in [0, 0.05) is 25.3 Å². The number of carbonyl (C=O) groups is 2. The van der Waals surface area contributed by atoms with Gasteiger partial charge in [-0.15, -0.1) is 0 Å². The molecule has 0 saturated carbocycles. The van der Waals surface area contributed by atoms with Gasteiger partial charge in [0.05, 0.1) is 36.8 Å². The van der Waals surface area contributed by atoms with Crippen LogP contribution in [0.5, 0.6) is 0 Å². The van der Waals surface area contributed by atoms with Crippen molar-refractivity contribution >= 4 is 47.4 Å². The number of aromatic nitrogens is 6. The molecule has 2 aliphatic rings. The van der Waals surface area contributed by atoms with Crippen LogP contribution in [0.15, 0.2) is 119 Å². The van der Waals surface area contributed by atoms with Crippen LogP contribution in [-0.4, -0.2) is 110 Å². The van der Waals surface area contributed by atoms with E-state index in [4.69, 9.17) is 50.9 Å². The number of benzene rings is 3. The summed E-state index contributed by atoms with van der Waals surface area (Å²) in [6.45, 7) is 2.19. The Morgan fingerprint density at radius 2 is 1.65 bits per heavy atom. The molecular formula is C43H41N8O12PS. The number of nitrogens with one attached hydrogen (secondary N) is 2. The molecule has 3 aromatic heterocycles. The number of anilines is 1. The highest BCUT2D eigenvalue weighted by Gasteiger charge is 2.50. The van der Waals surface area contributed by atoms with Crippen molar-refractivity contribution in [2.45, 2.75) is 49.4 Å². The smallest absolute Gasteiger partial charge is 0.338 e. The minimum absolute atomic E-state index is 0.0340. The van der Waals surface area contributed by atoms with Gasteiger partial charge in [-0.25, -0.2) is 31.1 Å². The van der Waals surface area contributed by atoms with E-state index in [0.29, 0.717) is 11.1 Å². The number of H-pyrrole nitrogens is 1. The average molecular weight is 925 g/mol. The van der Waals surface area contributed by atoms with Crippen LogP contribution < -0.4 is 16.6 Å². The Hall–Kier alpha value is -6.31. The van der Waals surface area contributed by atoms with E-state index in [1.54, 1.807) is 95.6 Å². The molecule has 0 bridgehead atoms. The van der Waals surface area contributed by atoms with Crippen molar-refractivity contribution in [2.24, 2.45) is 0 Å². The summed E-state index contributed by atoms with van der Waals surface area (Å²) in [4.78, 5) is 71.5. The number of aliphatic hydroxyl groups is 1. The molecular weight excluding hydrogens is 884 g/mol. The molecule has 8 rings (SSSR count). The molecule has 5 heterocycles. The summed E-state index contributed by atoms with van der Waals surface area (Å²) in [5.74, 6) is -0.967. The predicted molar refractivity (Wildman–Crippen MR) is 235 cm³/mol. The largest absolute Gasteiger partial charge is 0.453 e. The lowest BCUT2D eigenvalue weighted by atomic mass is 10.1. The van der Waals surface area contributed by atoms with Crippen molar-refractivity contribution in [3.8, 4) is 11.1 Å². The fraction of sp³-hybridized carbons (Fsp3) is 0.302. The van der Waals surface area contributed by atoms with Gasteiger partial charge in [-0.05, 0) is 41.6 Å². The Bertz CT molecular complexity index is 2840. The maximum atomic E-state index is 13.6. The van der Waals surface area contributed by atoms with Crippen LogP contribution in [-0.2, 0) is 44.3 Å². The predicted octanol–water partition coefficient (Wildman–Crippen LogP) is 4.28. The number of methoxy groups -OCH3 is 1. The Labute approximate surface area is 375 Å². The minimum atomic E-state index is -3.90. The van der Waals surface area contributed by atoms with Crippen molar-refractivity contribution in [3.05, 3.63) is 153 Å². The molecule has 8 atom stereocenters. The molecule has 336 valence electrons. The monoisotopic (exact) mass is 924 g/mol. The topological polar surface area (TPSA) is 234 Å². The molecule has 3 unspecified atom stereocenters. The maximum Gasteiger partial charge on any atom is 0.338 e. The van der Waals surface area contributed by atoms with Crippen LogP contribution in [0.2, 0.25) is 0 Å². The van der Waals surface area contributed by atoms with E-state index >= 15 is 0 Å². The zero-order valence-electron chi connectivity index (χ0n) is 34.4. The second kappa shape index (κ2) is 20.2. The summed E-state index contributed by atoms with van der Waals surface area (Å²) in [5.41, 5.74) is 0.589.